The largest absolute Gasteiger partial charge is 0.508 e. The van der Waals surface area contributed by atoms with Crippen molar-refractivity contribution >= 4 is 5.91 Å². The summed E-state index contributed by atoms with van der Waals surface area (Å²) in [5, 5.41) is 12.7. The lowest BCUT2D eigenvalue weighted by Crippen LogP contribution is -2.38. The third-order valence-corrected chi connectivity index (χ3v) is 5.72. The summed E-state index contributed by atoms with van der Waals surface area (Å²) in [5.74, 6) is 0.0271. The van der Waals surface area contributed by atoms with Crippen molar-refractivity contribution in [2.45, 2.75) is 13.3 Å². The van der Waals surface area contributed by atoms with E-state index in [0.29, 0.717) is 29.1 Å². The molecule has 0 atom stereocenters. The normalized spacial score (nSPS) is 14.2. The summed E-state index contributed by atoms with van der Waals surface area (Å²) in [6, 6.07) is 13.8. The number of hydrogen-bond donors (Lipinski definition) is 2. The monoisotopic (exact) mass is 448 g/mol. The van der Waals surface area contributed by atoms with Gasteiger partial charge in [0.1, 0.15) is 5.75 Å². The molecular formula is C25H28N4O4. The number of carbonyl (C=O) groups excluding carboxylic acids is 1. The highest BCUT2D eigenvalue weighted by Gasteiger charge is 2.12. The van der Waals surface area contributed by atoms with Gasteiger partial charge in [-0.3, -0.25) is 14.3 Å². The van der Waals surface area contributed by atoms with Gasteiger partial charge in [-0.15, -0.1) is 0 Å². The molecule has 1 aliphatic heterocycles. The molecular weight excluding hydrogens is 420 g/mol. The van der Waals surface area contributed by atoms with Gasteiger partial charge in [0, 0.05) is 37.0 Å². The van der Waals surface area contributed by atoms with Gasteiger partial charge in [-0.25, -0.2) is 4.79 Å². The lowest BCUT2D eigenvalue weighted by molar-refractivity contribution is 0.0374. The van der Waals surface area contributed by atoms with Crippen molar-refractivity contribution in [3.8, 4) is 22.7 Å². The maximum absolute atomic E-state index is 12.7. The molecule has 0 aliphatic carbocycles. The Bertz CT molecular complexity index is 1190. The first-order chi connectivity index (χ1) is 16.0. The number of nitrogens with zero attached hydrogens (tertiary/aromatic N) is 3. The molecule has 0 spiro atoms. The average Bonchev–Trinajstić information content (AvgIpc) is 2.84. The van der Waals surface area contributed by atoms with Crippen LogP contribution in [-0.4, -0.2) is 64.9 Å². The van der Waals surface area contributed by atoms with E-state index < -0.39 is 5.69 Å². The van der Waals surface area contributed by atoms with E-state index in [1.165, 1.54) is 4.57 Å². The maximum Gasteiger partial charge on any atom is 0.352 e. The van der Waals surface area contributed by atoms with E-state index in [4.69, 9.17) is 4.74 Å². The molecule has 1 fully saturated rings. The first kappa shape index (κ1) is 22.7. The van der Waals surface area contributed by atoms with Crippen LogP contribution < -0.4 is 11.0 Å². The Labute approximate surface area is 192 Å². The smallest absolute Gasteiger partial charge is 0.352 e. The van der Waals surface area contributed by atoms with Crippen LogP contribution in [0.15, 0.2) is 59.5 Å². The molecule has 33 heavy (non-hydrogen) atoms. The van der Waals surface area contributed by atoms with Crippen molar-refractivity contribution in [1.29, 1.82) is 0 Å². The molecule has 1 amide bonds. The first-order valence-corrected chi connectivity index (χ1v) is 11.1. The van der Waals surface area contributed by atoms with Crippen molar-refractivity contribution in [3.05, 3.63) is 76.3 Å². The van der Waals surface area contributed by atoms with Gasteiger partial charge in [0.25, 0.3) is 5.91 Å². The summed E-state index contributed by atoms with van der Waals surface area (Å²) in [5.41, 5.74) is 2.60. The number of carbonyl (C=O) groups is 1. The van der Waals surface area contributed by atoms with Crippen molar-refractivity contribution in [2.75, 3.05) is 39.4 Å². The Morgan fingerprint density at radius 1 is 1.15 bits per heavy atom. The number of morpholine rings is 1. The zero-order chi connectivity index (χ0) is 23.2. The number of benzene rings is 2. The number of phenols is 1. The van der Waals surface area contributed by atoms with Crippen molar-refractivity contribution in [1.82, 2.24) is 19.8 Å². The maximum atomic E-state index is 12.7. The molecule has 1 saturated heterocycles. The number of rotatable bonds is 7. The van der Waals surface area contributed by atoms with Gasteiger partial charge in [0.15, 0.2) is 0 Å². The number of aryl methyl sites for hydroxylation is 1. The Balaban J connectivity index is 1.41. The molecule has 8 nitrogen and oxygen atoms in total. The molecule has 4 rings (SSSR count). The van der Waals surface area contributed by atoms with Crippen molar-refractivity contribution < 1.29 is 14.6 Å². The van der Waals surface area contributed by atoms with Gasteiger partial charge in [0.05, 0.1) is 24.6 Å². The highest BCUT2D eigenvalue weighted by Crippen LogP contribution is 2.23. The van der Waals surface area contributed by atoms with Crippen LogP contribution in [0.5, 0.6) is 5.75 Å². The fourth-order valence-corrected chi connectivity index (χ4v) is 3.80. The number of phenolic OH excluding ortho intramolecular Hbond substituents is 1. The predicted molar refractivity (Wildman–Crippen MR) is 126 cm³/mol. The molecule has 8 heteroatoms. The molecule has 0 bridgehead atoms. The van der Waals surface area contributed by atoms with Gasteiger partial charge >= 0.3 is 5.69 Å². The van der Waals surface area contributed by atoms with Crippen LogP contribution in [0.2, 0.25) is 0 Å². The number of aromatic hydroxyl groups is 1. The van der Waals surface area contributed by atoms with Crippen LogP contribution in [0.4, 0.5) is 0 Å². The first-order valence-electron chi connectivity index (χ1n) is 11.1. The van der Waals surface area contributed by atoms with E-state index >= 15 is 0 Å². The third kappa shape index (κ3) is 5.66. The molecule has 2 heterocycles. The van der Waals surface area contributed by atoms with E-state index in [1.54, 1.807) is 61.7 Å². The van der Waals surface area contributed by atoms with Crippen molar-refractivity contribution in [3.63, 3.8) is 0 Å². The van der Waals surface area contributed by atoms with E-state index in [-0.39, 0.29) is 11.7 Å². The summed E-state index contributed by atoms with van der Waals surface area (Å²) >= 11 is 0. The van der Waals surface area contributed by atoms with E-state index in [9.17, 15) is 14.7 Å². The topological polar surface area (TPSA) is 96.7 Å². The zero-order valence-corrected chi connectivity index (χ0v) is 18.7. The number of hydrogen-bond acceptors (Lipinski definition) is 6. The van der Waals surface area contributed by atoms with E-state index in [0.717, 1.165) is 44.8 Å². The fraction of sp³-hybridized carbons (Fsp3) is 0.320. The molecule has 0 saturated carbocycles. The van der Waals surface area contributed by atoms with Crippen LogP contribution in [0, 0.1) is 6.92 Å². The van der Waals surface area contributed by atoms with Crippen LogP contribution >= 0.6 is 0 Å². The number of ether oxygens (including phenoxy) is 1. The van der Waals surface area contributed by atoms with Gasteiger partial charge < -0.3 is 15.2 Å². The molecule has 2 N–H and O–H groups in total. The molecule has 2 aromatic carbocycles. The summed E-state index contributed by atoms with van der Waals surface area (Å²) in [6.07, 6.45) is 2.51. The minimum atomic E-state index is -0.443. The lowest BCUT2D eigenvalue weighted by Gasteiger charge is -2.26. The Hall–Kier alpha value is -3.49. The quantitative estimate of drug-likeness (QED) is 0.539. The Kier molecular flexibility index (Phi) is 7.16. The number of nitrogens with one attached hydrogen (secondary N) is 1. The van der Waals surface area contributed by atoms with Crippen LogP contribution in [0.3, 0.4) is 0 Å². The minimum Gasteiger partial charge on any atom is -0.508 e. The Morgan fingerprint density at radius 2 is 1.97 bits per heavy atom. The van der Waals surface area contributed by atoms with Crippen LogP contribution in [0.1, 0.15) is 22.3 Å². The second-order valence-corrected chi connectivity index (χ2v) is 8.08. The number of amides is 1. The summed E-state index contributed by atoms with van der Waals surface area (Å²) < 4.78 is 6.76. The van der Waals surface area contributed by atoms with Crippen LogP contribution in [-0.2, 0) is 4.74 Å². The molecule has 1 aliphatic rings. The van der Waals surface area contributed by atoms with E-state index in [2.05, 4.69) is 15.2 Å². The van der Waals surface area contributed by atoms with Gasteiger partial charge in [0.2, 0.25) is 0 Å². The highest BCUT2D eigenvalue weighted by atomic mass is 16.5. The second-order valence-electron chi connectivity index (χ2n) is 8.08. The predicted octanol–water partition coefficient (Wildman–Crippen LogP) is 2.37. The van der Waals surface area contributed by atoms with Crippen LogP contribution in [0.25, 0.3) is 16.9 Å². The third-order valence-electron chi connectivity index (χ3n) is 5.72. The molecule has 0 unspecified atom stereocenters. The molecule has 1 aromatic heterocycles. The van der Waals surface area contributed by atoms with Gasteiger partial charge in [-0.2, -0.15) is 4.98 Å². The van der Waals surface area contributed by atoms with Gasteiger partial charge in [-0.1, -0.05) is 6.07 Å². The Morgan fingerprint density at radius 3 is 2.73 bits per heavy atom. The SMILES string of the molecule is Cc1cc(-c2ccn(-c3cccc(C(=O)NCCCN4CCOCC4)c3)c(=O)n2)ccc1O. The fourth-order valence-electron chi connectivity index (χ4n) is 3.80. The lowest BCUT2D eigenvalue weighted by atomic mass is 10.1. The minimum absolute atomic E-state index is 0.170. The highest BCUT2D eigenvalue weighted by molar-refractivity contribution is 5.94. The molecule has 0 radical (unpaired) electrons. The van der Waals surface area contributed by atoms with E-state index in [1.807, 2.05) is 0 Å². The molecule has 3 aromatic rings. The summed E-state index contributed by atoms with van der Waals surface area (Å²) in [7, 11) is 0. The van der Waals surface area contributed by atoms with Crippen molar-refractivity contribution in [2.24, 2.45) is 0 Å². The van der Waals surface area contributed by atoms with Gasteiger partial charge in [-0.05, 0) is 67.9 Å². The number of aromatic nitrogens is 2. The molecule has 172 valence electrons. The second kappa shape index (κ2) is 10.4. The summed E-state index contributed by atoms with van der Waals surface area (Å²) in [4.78, 5) is 31.8. The average molecular weight is 449 g/mol. The standard InChI is InChI=1S/C25H28N4O4/c1-18-16-19(6-7-23(18)30)22-8-11-29(25(32)27-22)21-5-2-4-20(17-21)24(31)26-9-3-10-28-12-14-33-15-13-28/h2,4-8,11,16-17,30H,3,9-10,12-15H2,1H3,(H,26,31). The summed E-state index contributed by atoms with van der Waals surface area (Å²) in [6.45, 7) is 6.71. The zero-order valence-electron chi connectivity index (χ0n) is 18.7.